The van der Waals surface area contributed by atoms with Crippen LogP contribution in [0.1, 0.15) is 56.6 Å². The summed E-state index contributed by atoms with van der Waals surface area (Å²) in [5, 5.41) is 10.9. The Morgan fingerprint density at radius 2 is 2.14 bits per heavy atom. The van der Waals surface area contributed by atoms with Gasteiger partial charge in [0.15, 0.2) is 11.9 Å². The predicted octanol–water partition coefficient (Wildman–Crippen LogP) is 4.01. The number of rotatable bonds is 5. The highest BCUT2D eigenvalue weighted by Crippen LogP contribution is 2.42. The van der Waals surface area contributed by atoms with Gasteiger partial charge in [-0.3, -0.25) is 9.89 Å². The molecule has 0 bridgehead atoms. The number of ether oxygens (including phenoxy) is 1. The topological polar surface area (TPSA) is 107 Å². The van der Waals surface area contributed by atoms with Crippen LogP contribution in [0.25, 0.3) is 11.6 Å². The molecule has 0 saturated heterocycles. The maximum Gasteiger partial charge on any atom is 0.317 e. The minimum atomic E-state index is -0.703. The third-order valence-corrected chi connectivity index (χ3v) is 5.41. The van der Waals surface area contributed by atoms with Crippen LogP contribution >= 0.6 is 11.6 Å². The molecule has 1 unspecified atom stereocenters. The second-order valence-electron chi connectivity index (χ2n) is 6.99. The maximum atomic E-state index is 13.3. The third kappa shape index (κ3) is 3.52. The molecule has 0 radical (unpaired) electrons. The van der Waals surface area contributed by atoms with Gasteiger partial charge in [-0.2, -0.15) is 10.1 Å². The van der Waals surface area contributed by atoms with Crippen molar-refractivity contribution in [3.8, 4) is 11.6 Å². The number of hydrogen-bond acceptors (Lipinski definition) is 7. The van der Waals surface area contributed by atoms with Crippen molar-refractivity contribution < 1.29 is 14.1 Å². The summed E-state index contributed by atoms with van der Waals surface area (Å²) in [6.07, 6.45) is 5.16. The van der Waals surface area contributed by atoms with E-state index in [9.17, 15) is 4.79 Å². The summed E-state index contributed by atoms with van der Waals surface area (Å²) < 4.78 is 11.0. The largest absolute Gasteiger partial charge is 0.452 e. The summed E-state index contributed by atoms with van der Waals surface area (Å²) in [5.41, 5.74) is 0.190. The molecule has 8 nitrogen and oxygen atoms in total. The molecule has 1 aliphatic carbocycles. The fourth-order valence-electron chi connectivity index (χ4n) is 3.69. The molecule has 2 aromatic heterocycles. The molecule has 1 atom stereocenters. The molecule has 1 saturated carbocycles. The fraction of sp³-hybridized carbons (Fsp3) is 0.421. The molecule has 2 heterocycles. The van der Waals surface area contributed by atoms with E-state index in [0.29, 0.717) is 10.8 Å². The molecule has 146 valence electrons. The highest BCUT2D eigenvalue weighted by atomic mass is 35.5. The monoisotopic (exact) mass is 401 g/mol. The van der Waals surface area contributed by atoms with Crippen LogP contribution in [0.3, 0.4) is 0 Å². The summed E-state index contributed by atoms with van der Waals surface area (Å²) in [5.74, 6) is 0.562. The molecule has 3 aromatic rings. The van der Waals surface area contributed by atoms with E-state index < -0.39 is 11.5 Å². The van der Waals surface area contributed by atoms with E-state index in [-0.39, 0.29) is 17.7 Å². The van der Waals surface area contributed by atoms with E-state index in [1.807, 2.05) is 18.2 Å². The quantitative estimate of drug-likeness (QED) is 0.643. The number of halogens is 1. The van der Waals surface area contributed by atoms with Crippen molar-refractivity contribution in [2.24, 2.45) is 0 Å². The molecule has 0 aliphatic heterocycles. The molecular weight excluding hydrogens is 382 g/mol. The number of carbonyl (C=O) groups is 1. The number of benzene rings is 1. The fourth-order valence-corrected chi connectivity index (χ4v) is 3.88. The summed E-state index contributed by atoms with van der Waals surface area (Å²) in [7, 11) is 0. The molecule has 1 aromatic carbocycles. The predicted molar refractivity (Wildman–Crippen MR) is 100 cm³/mol. The normalized spacial score (nSPS) is 17.2. The second-order valence-corrected chi connectivity index (χ2v) is 7.43. The van der Waals surface area contributed by atoms with E-state index >= 15 is 0 Å². The van der Waals surface area contributed by atoms with Crippen LogP contribution in [-0.4, -0.2) is 31.3 Å². The number of carbonyl (C=O) groups excluding carboxylic acids is 1. The average molecular weight is 402 g/mol. The van der Waals surface area contributed by atoms with E-state index in [1.165, 1.54) is 6.33 Å². The van der Waals surface area contributed by atoms with Crippen LogP contribution in [0.5, 0.6) is 0 Å². The molecule has 4 rings (SSSR count). The highest BCUT2D eigenvalue weighted by molar-refractivity contribution is 6.30. The Bertz CT molecular complexity index is 950. The van der Waals surface area contributed by atoms with Crippen molar-refractivity contribution in [1.82, 2.24) is 25.3 Å². The number of H-pyrrole nitrogens is 1. The number of esters is 1. The first-order valence-corrected chi connectivity index (χ1v) is 9.63. The van der Waals surface area contributed by atoms with E-state index in [1.54, 1.807) is 13.0 Å². The number of nitrogens with zero attached hydrogens (tertiary/aromatic N) is 4. The van der Waals surface area contributed by atoms with Crippen LogP contribution in [0.15, 0.2) is 35.1 Å². The van der Waals surface area contributed by atoms with Crippen LogP contribution < -0.4 is 0 Å². The maximum absolute atomic E-state index is 13.3. The summed E-state index contributed by atoms with van der Waals surface area (Å²) in [6, 6.07) is 7.47. The Balaban J connectivity index is 1.56. The molecule has 9 heteroatoms. The smallest absolute Gasteiger partial charge is 0.317 e. The van der Waals surface area contributed by atoms with Crippen LogP contribution in [0.2, 0.25) is 5.02 Å². The Labute approximate surface area is 166 Å². The Kier molecular flexibility index (Phi) is 5.13. The van der Waals surface area contributed by atoms with Gasteiger partial charge in [0.2, 0.25) is 5.82 Å². The lowest BCUT2D eigenvalue weighted by molar-refractivity contribution is -0.158. The first kappa shape index (κ1) is 18.6. The van der Waals surface area contributed by atoms with Gasteiger partial charge in [0, 0.05) is 5.02 Å². The second kappa shape index (κ2) is 7.71. The van der Waals surface area contributed by atoms with Crippen LogP contribution in [0, 0.1) is 0 Å². The summed E-state index contributed by atoms with van der Waals surface area (Å²) >= 11 is 6.18. The Hall–Kier alpha value is -2.74. The van der Waals surface area contributed by atoms with Crippen LogP contribution in [0.4, 0.5) is 0 Å². The zero-order valence-electron chi connectivity index (χ0n) is 15.4. The van der Waals surface area contributed by atoms with Crippen molar-refractivity contribution in [1.29, 1.82) is 0 Å². The van der Waals surface area contributed by atoms with Gasteiger partial charge in [-0.1, -0.05) is 48.2 Å². The van der Waals surface area contributed by atoms with Crippen LogP contribution in [-0.2, 0) is 14.9 Å². The molecule has 1 N–H and O–H groups in total. The van der Waals surface area contributed by atoms with Gasteiger partial charge in [0.05, 0.1) is 5.41 Å². The van der Waals surface area contributed by atoms with Gasteiger partial charge in [-0.15, -0.1) is 0 Å². The van der Waals surface area contributed by atoms with Gasteiger partial charge >= 0.3 is 5.97 Å². The van der Waals surface area contributed by atoms with Crippen molar-refractivity contribution in [2.75, 3.05) is 0 Å². The van der Waals surface area contributed by atoms with Gasteiger partial charge in [-0.25, -0.2) is 4.98 Å². The lowest BCUT2D eigenvalue weighted by atomic mass is 9.69. The number of hydrogen-bond donors (Lipinski definition) is 1. The Morgan fingerprint density at radius 1 is 1.32 bits per heavy atom. The van der Waals surface area contributed by atoms with Gasteiger partial charge in [0.1, 0.15) is 6.33 Å². The first-order chi connectivity index (χ1) is 13.6. The van der Waals surface area contributed by atoms with Gasteiger partial charge < -0.3 is 9.26 Å². The minimum absolute atomic E-state index is 0.205. The first-order valence-electron chi connectivity index (χ1n) is 9.25. The summed E-state index contributed by atoms with van der Waals surface area (Å²) in [4.78, 5) is 21.5. The number of aromatic amines is 1. The number of nitrogens with one attached hydrogen (secondary N) is 1. The van der Waals surface area contributed by atoms with E-state index in [4.69, 9.17) is 20.9 Å². The van der Waals surface area contributed by atoms with Crippen molar-refractivity contribution in [3.63, 3.8) is 0 Å². The average Bonchev–Trinajstić information content (AvgIpc) is 3.40. The zero-order chi connectivity index (χ0) is 19.6. The molecular formula is C19H20ClN5O3. The summed E-state index contributed by atoms with van der Waals surface area (Å²) in [6.45, 7) is 1.71. The lowest BCUT2D eigenvalue weighted by Crippen LogP contribution is -2.39. The highest BCUT2D eigenvalue weighted by Gasteiger charge is 2.43. The van der Waals surface area contributed by atoms with Crippen molar-refractivity contribution in [2.45, 2.75) is 50.5 Å². The molecule has 28 heavy (non-hydrogen) atoms. The van der Waals surface area contributed by atoms with Gasteiger partial charge in [0.25, 0.3) is 5.89 Å². The molecule has 0 amide bonds. The standard InChI is InChI=1S/C19H20ClN5O3/c1-12(17-23-16(25-28-17)15-21-11-22-24-15)27-18(26)19(8-3-2-4-9-19)13-6-5-7-14(20)10-13/h5-7,10-12H,2-4,8-9H2,1H3,(H,21,22,24). The van der Waals surface area contributed by atoms with E-state index in [2.05, 4.69) is 25.3 Å². The van der Waals surface area contributed by atoms with Gasteiger partial charge in [-0.05, 0) is 37.5 Å². The SMILES string of the molecule is CC(OC(=O)C1(c2cccc(Cl)c2)CCCCC1)c1nc(-c2ncn[nH]2)no1. The Morgan fingerprint density at radius 3 is 2.86 bits per heavy atom. The molecule has 1 aliphatic rings. The molecule has 0 spiro atoms. The van der Waals surface area contributed by atoms with Crippen molar-refractivity contribution >= 4 is 17.6 Å². The van der Waals surface area contributed by atoms with E-state index in [0.717, 1.165) is 37.7 Å². The minimum Gasteiger partial charge on any atom is -0.452 e. The third-order valence-electron chi connectivity index (χ3n) is 5.18. The van der Waals surface area contributed by atoms with Crippen molar-refractivity contribution in [3.05, 3.63) is 47.1 Å². The lowest BCUT2D eigenvalue weighted by Gasteiger charge is -2.36. The zero-order valence-corrected chi connectivity index (χ0v) is 16.1. The number of aromatic nitrogens is 5. The molecule has 1 fully saturated rings.